The summed E-state index contributed by atoms with van der Waals surface area (Å²) in [5, 5.41) is 7.57. The van der Waals surface area contributed by atoms with Crippen molar-refractivity contribution in [1.82, 2.24) is 15.1 Å². The minimum Gasteiger partial charge on any atom is -0.485 e. The molecule has 4 nitrogen and oxygen atoms in total. The van der Waals surface area contributed by atoms with E-state index in [0.29, 0.717) is 6.61 Å². The highest BCUT2D eigenvalue weighted by Gasteiger charge is 2.03. The van der Waals surface area contributed by atoms with Gasteiger partial charge in [-0.2, -0.15) is 5.10 Å². The summed E-state index contributed by atoms with van der Waals surface area (Å²) >= 11 is 1.79. The van der Waals surface area contributed by atoms with E-state index in [-0.39, 0.29) is 0 Å². The highest BCUT2D eigenvalue weighted by Crippen LogP contribution is 2.19. The fourth-order valence-electron chi connectivity index (χ4n) is 1.77. The van der Waals surface area contributed by atoms with Crippen molar-refractivity contribution >= 4 is 11.3 Å². The SMILES string of the molecule is CCCn1cc(OCc2ccc(CNCC)s2)cn1. The van der Waals surface area contributed by atoms with Gasteiger partial charge in [-0.1, -0.05) is 13.8 Å². The fourth-order valence-corrected chi connectivity index (χ4v) is 2.67. The van der Waals surface area contributed by atoms with Gasteiger partial charge in [0.15, 0.2) is 5.75 Å². The Morgan fingerprint density at radius 3 is 2.95 bits per heavy atom. The van der Waals surface area contributed by atoms with Crippen molar-refractivity contribution in [2.45, 2.75) is 40.0 Å². The van der Waals surface area contributed by atoms with Gasteiger partial charge in [0.25, 0.3) is 0 Å². The van der Waals surface area contributed by atoms with E-state index in [1.54, 1.807) is 17.5 Å². The first-order chi connectivity index (χ1) is 9.31. The topological polar surface area (TPSA) is 39.1 Å². The number of nitrogens with one attached hydrogen (secondary N) is 1. The van der Waals surface area contributed by atoms with Crippen LogP contribution in [0, 0.1) is 0 Å². The van der Waals surface area contributed by atoms with E-state index in [9.17, 15) is 0 Å². The Morgan fingerprint density at radius 1 is 1.32 bits per heavy atom. The number of ether oxygens (including phenoxy) is 1. The van der Waals surface area contributed by atoms with Gasteiger partial charge in [-0.3, -0.25) is 4.68 Å². The van der Waals surface area contributed by atoms with Gasteiger partial charge in [0.05, 0.1) is 12.4 Å². The summed E-state index contributed by atoms with van der Waals surface area (Å²) in [6.07, 6.45) is 4.82. The summed E-state index contributed by atoms with van der Waals surface area (Å²) in [4.78, 5) is 2.60. The van der Waals surface area contributed by atoms with Gasteiger partial charge in [0.1, 0.15) is 6.61 Å². The van der Waals surface area contributed by atoms with Crippen molar-refractivity contribution in [3.05, 3.63) is 34.3 Å². The maximum Gasteiger partial charge on any atom is 0.157 e. The lowest BCUT2D eigenvalue weighted by atomic mass is 10.4. The maximum atomic E-state index is 5.74. The predicted octanol–water partition coefficient (Wildman–Crippen LogP) is 3.04. The zero-order valence-electron chi connectivity index (χ0n) is 11.6. The zero-order chi connectivity index (χ0) is 13.5. The molecule has 2 aromatic rings. The normalized spacial score (nSPS) is 10.8. The first-order valence-corrected chi connectivity index (χ1v) is 7.57. The molecule has 0 unspecified atom stereocenters. The first kappa shape index (κ1) is 14.1. The van der Waals surface area contributed by atoms with Crippen LogP contribution in [0.2, 0.25) is 0 Å². The molecule has 0 aliphatic heterocycles. The number of aromatic nitrogens is 2. The first-order valence-electron chi connectivity index (χ1n) is 6.75. The number of nitrogens with zero attached hydrogens (tertiary/aromatic N) is 2. The van der Waals surface area contributed by atoms with Gasteiger partial charge in [0.2, 0.25) is 0 Å². The van der Waals surface area contributed by atoms with Gasteiger partial charge in [-0.05, 0) is 25.1 Å². The number of rotatable bonds is 8. The van der Waals surface area contributed by atoms with Crippen LogP contribution in [0.15, 0.2) is 24.5 Å². The monoisotopic (exact) mass is 279 g/mol. The Hall–Kier alpha value is -1.33. The van der Waals surface area contributed by atoms with E-state index in [2.05, 4.69) is 36.4 Å². The molecular weight excluding hydrogens is 258 g/mol. The minimum absolute atomic E-state index is 0.620. The highest BCUT2D eigenvalue weighted by molar-refractivity contribution is 7.11. The minimum atomic E-state index is 0.620. The van der Waals surface area contributed by atoms with Crippen molar-refractivity contribution in [2.24, 2.45) is 0 Å². The van der Waals surface area contributed by atoms with Crippen molar-refractivity contribution in [2.75, 3.05) is 6.54 Å². The molecule has 2 aromatic heterocycles. The van der Waals surface area contributed by atoms with E-state index < -0.39 is 0 Å². The number of aryl methyl sites for hydroxylation is 1. The van der Waals surface area contributed by atoms with Crippen LogP contribution < -0.4 is 10.1 Å². The lowest BCUT2D eigenvalue weighted by Gasteiger charge is -2.00. The molecule has 0 aromatic carbocycles. The molecule has 19 heavy (non-hydrogen) atoms. The molecule has 0 radical (unpaired) electrons. The molecule has 0 saturated carbocycles. The summed E-state index contributed by atoms with van der Waals surface area (Å²) in [7, 11) is 0. The van der Waals surface area contributed by atoms with Gasteiger partial charge in [-0.15, -0.1) is 11.3 Å². The predicted molar refractivity (Wildman–Crippen MR) is 78.5 cm³/mol. The molecule has 0 spiro atoms. The van der Waals surface area contributed by atoms with Crippen LogP contribution >= 0.6 is 11.3 Å². The van der Waals surface area contributed by atoms with Crippen molar-refractivity contribution in [3.8, 4) is 5.75 Å². The quantitative estimate of drug-likeness (QED) is 0.807. The van der Waals surface area contributed by atoms with Gasteiger partial charge in [-0.25, -0.2) is 0 Å². The maximum absolute atomic E-state index is 5.74. The van der Waals surface area contributed by atoms with Gasteiger partial charge >= 0.3 is 0 Å². The fraction of sp³-hybridized carbons (Fsp3) is 0.500. The van der Waals surface area contributed by atoms with Crippen LogP contribution in [0.4, 0.5) is 0 Å². The number of hydrogen-bond donors (Lipinski definition) is 1. The van der Waals surface area contributed by atoms with Crippen LogP contribution in [-0.2, 0) is 19.7 Å². The molecule has 2 heterocycles. The second kappa shape index (κ2) is 7.31. The largest absolute Gasteiger partial charge is 0.485 e. The Labute approximate surface area is 118 Å². The van der Waals surface area contributed by atoms with Crippen LogP contribution in [0.1, 0.15) is 30.0 Å². The Morgan fingerprint density at radius 2 is 2.16 bits per heavy atom. The van der Waals surface area contributed by atoms with Gasteiger partial charge in [0, 0.05) is 22.8 Å². The molecule has 0 saturated heterocycles. The molecule has 0 bridgehead atoms. The molecular formula is C14H21N3OS. The third-order valence-electron chi connectivity index (χ3n) is 2.71. The molecule has 5 heteroatoms. The van der Waals surface area contributed by atoms with Crippen molar-refractivity contribution in [3.63, 3.8) is 0 Å². The van der Waals surface area contributed by atoms with Crippen molar-refractivity contribution < 1.29 is 4.74 Å². The van der Waals surface area contributed by atoms with E-state index in [4.69, 9.17) is 4.74 Å². The lowest BCUT2D eigenvalue weighted by molar-refractivity contribution is 0.309. The molecule has 0 aliphatic rings. The number of thiophene rings is 1. The van der Waals surface area contributed by atoms with Crippen LogP contribution in [0.25, 0.3) is 0 Å². The average molecular weight is 279 g/mol. The molecule has 1 N–H and O–H groups in total. The summed E-state index contributed by atoms with van der Waals surface area (Å²) in [5.41, 5.74) is 0. The smallest absolute Gasteiger partial charge is 0.157 e. The van der Waals surface area contributed by atoms with Crippen LogP contribution in [0.5, 0.6) is 5.75 Å². The average Bonchev–Trinajstić information content (AvgIpc) is 3.03. The molecule has 2 rings (SSSR count). The molecule has 0 aliphatic carbocycles. The Balaban J connectivity index is 1.82. The second-order valence-electron chi connectivity index (χ2n) is 4.38. The second-order valence-corrected chi connectivity index (χ2v) is 5.63. The molecule has 0 amide bonds. The van der Waals surface area contributed by atoms with E-state index in [1.165, 1.54) is 9.75 Å². The number of hydrogen-bond acceptors (Lipinski definition) is 4. The highest BCUT2D eigenvalue weighted by atomic mass is 32.1. The van der Waals surface area contributed by atoms with E-state index in [1.807, 2.05) is 10.9 Å². The van der Waals surface area contributed by atoms with Crippen LogP contribution in [0.3, 0.4) is 0 Å². The summed E-state index contributed by atoms with van der Waals surface area (Å²) in [5.74, 6) is 0.843. The van der Waals surface area contributed by atoms with E-state index >= 15 is 0 Å². The summed E-state index contributed by atoms with van der Waals surface area (Å²) < 4.78 is 7.66. The molecule has 104 valence electrons. The lowest BCUT2D eigenvalue weighted by Crippen LogP contribution is -2.10. The molecule has 0 atom stereocenters. The zero-order valence-corrected chi connectivity index (χ0v) is 12.4. The Kier molecular flexibility index (Phi) is 5.42. The Bertz CT molecular complexity index is 492. The van der Waals surface area contributed by atoms with E-state index in [0.717, 1.165) is 31.8 Å². The summed E-state index contributed by atoms with van der Waals surface area (Å²) in [6, 6.07) is 4.29. The summed E-state index contributed by atoms with van der Waals surface area (Å²) in [6.45, 7) is 7.76. The third kappa shape index (κ3) is 4.36. The van der Waals surface area contributed by atoms with Gasteiger partial charge < -0.3 is 10.1 Å². The standard InChI is InChI=1S/C14H21N3OS/c1-3-7-17-10-12(8-16-17)18-11-14-6-5-13(19-14)9-15-4-2/h5-6,8,10,15H,3-4,7,9,11H2,1-2H3. The third-order valence-corrected chi connectivity index (χ3v) is 3.77. The van der Waals surface area contributed by atoms with Crippen LogP contribution in [-0.4, -0.2) is 16.3 Å². The van der Waals surface area contributed by atoms with Crippen molar-refractivity contribution in [1.29, 1.82) is 0 Å². The molecule has 0 fully saturated rings.